The van der Waals surface area contributed by atoms with Gasteiger partial charge in [0.2, 0.25) is 0 Å². The van der Waals surface area contributed by atoms with Crippen molar-refractivity contribution in [1.82, 2.24) is 0 Å². The topological polar surface area (TPSA) is 38.7 Å². The van der Waals surface area contributed by atoms with E-state index in [1.165, 1.54) is 6.42 Å². The third-order valence-electron chi connectivity index (χ3n) is 4.67. The molecule has 0 amide bonds. The number of hydrogen-bond acceptors (Lipinski definition) is 3. The fraction of sp³-hybridized carbons (Fsp3) is 0.600. The van der Waals surface area contributed by atoms with E-state index in [0.29, 0.717) is 11.8 Å². The van der Waals surface area contributed by atoms with Crippen LogP contribution in [-0.2, 0) is 5.60 Å². The Hall–Kier alpha value is -1.22. The van der Waals surface area contributed by atoms with Crippen molar-refractivity contribution in [2.45, 2.75) is 31.3 Å². The third kappa shape index (κ3) is 1.69. The Balaban J connectivity index is 2.00. The number of ether oxygens (including phenoxy) is 2. The zero-order valence-corrected chi connectivity index (χ0v) is 11.0. The summed E-state index contributed by atoms with van der Waals surface area (Å²) in [4.78, 5) is 0. The first-order valence-corrected chi connectivity index (χ1v) is 6.61. The van der Waals surface area contributed by atoms with E-state index in [-0.39, 0.29) is 0 Å². The lowest BCUT2D eigenvalue weighted by atomic mass is 9.79. The molecule has 3 heteroatoms. The van der Waals surface area contributed by atoms with E-state index in [4.69, 9.17) is 9.47 Å². The standard InChI is InChI=1S/C15H20O3/c1-17-13-6-12(7-14(8-13)18-2)15(16)9-10-3-4-11(15)5-10/h6-8,10-11,16H,3-5,9H2,1-2H3. The van der Waals surface area contributed by atoms with E-state index < -0.39 is 5.60 Å². The molecule has 0 aliphatic heterocycles. The van der Waals surface area contributed by atoms with Gasteiger partial charge in [0.15, 0.2) is 0 Å². The quantitative estimate of drug-likeness (QED) is 0.894. The van der Waals surface area contributed by atoms with Crippen LogP contribution in [-0.4, -0.2) is 19.3 Å². The lowest BCUT2D eigenvalue weighted by Gasteiger charge is -2.33. The summed E-state index contributed by atoms with van der Waals surface area (Å²) in [5.74, 6) is 2.60. The van der Waals surface area contributed by atoms with E-state index in [9.17, 15) is 5.11 Å². The summed E-state index contributed by atoms with van der Waals surface area (Å²) in [6.45, 7) is 0. The summed E-state index contributed by atoms with van der Waals surface area (Å²) >= 11 is 0. The second kappa shape index (κ2) is 4.16. The maximum Gasteiger partial charge on any atom is 0.122 e. The summed E-state index contributed by atoms with van der Waals surface area (Å²) in [6.07, 6.45) is 4.46. The minimum atomic E-state index is -0.676. The van der Waals surface area contributed by atoms with Crippen molar-refractivity contribution in [1.29, 1.82) is 0 Å². The van der Waals surface area contributed by atoms with Crippen LogP contribution in [0, 0.1) is 11.8 Å². The van der Waals surface area contributed by atoms with Crippen molar-refractivity contribution in [3.05, 3.63) is 23.8 Å². The van der Waals surface area contributed by atoms with Crippen molar-refractivity contribution in [2.24, 2.45) is 11.8 Å². The van der Waals surface area contributed by atoms with Gasteiger partial charge >= 0.3 is 0 Å². The van der Waals surface area contributed by atoms with Crippen molar-refractivity contribution in [3.8, 4) is 11.5 Å². The lowest BCUT2D eigenvalue weighted by Crippen LogP contribution is -2.32. The minimum Gasteiger partial charge on any atom is -0.497 e. The van der Waals surface area contributed by atoms with E-state index in [1.807, 2.05) is 18.2 Å². The summed E-state index contributed by atoms with van der Waals surface area (Å²) in [5.41, 5.74) is 0.274. The highest BCUT2D eigenvalue weighted by molar-refractivity contribution is 5.42. The Morgan fingerprint density at radius 3 is 2.22 bits per heavy atom. The monoisotopic (exact) mass is 248 g/mol. The van der Waals surface area contributed by atoms with Crippen LogP contribution in [0.1, 0.15) is 31.2 Å². The van der Waals surface area contributed by atoms with Crippen LogP contribution in [0.25, 0.3) is 0 Å². The summed E-state index contributed by atoms with van der Waals surface area (Å²) < 4.78 is 10.6. The molecule has 0 spiro atoms. The highest BCUT2D eigenvalue weighted by Crippen LogP contribution is 2.56. The van der Waals surface area contributed by atoms with Gasteiger partial charge in [0.1, 0.15) is 11.5 Å². The third-order valence-corrected chi connectivity index (χ3v) is 4.67. The average Bonchev–Trinajstić information content (AvgIpc) is 2.98. The summed E-state index contributed by atoms with van der Waals surface area (Å²) in [6, 6.07) is 5.74. The fourth-order valence-electron chi connectivity index (χ4n) is 3.71. The molecule has 2 saturated carbocycles. The largest absolute Gasteiger partial charge is 0.497 e. The van der Waals surface area contributed by atoms with Crippen LogP contribution in [0.2, 0.25) is 0 Å². The van der Waals surface area contributed by atoms with Gasteiger partial charge < -0.3 is 14.6 Å². The van der Waals surface area contributed by atoms with E-state index in [1.54, 1.807) is 14.2 Å². The van der Waals surface area contributed by atoms with Gasteiger partial charge in [-0.2, -0.15) is 0 Å². The molecular formula is C15H20O3. The van der Waals surface area contributed by atoms with Crippen LogP contribution < -0.4 is 9.47 Å². The first-order valence-electron chi connectivity index (χ1n) is 6.61. The molecule has 98 valence electrons. The molecule has 2 bridgehead atoms. The molecule has 2 aliphatic carbocycles. The van der Waals surface area contributed by atoms with Crippen molar-refractivity contribution in [3.63, 3.8) is 0 Å². The highest BCUT2D eigenvalue weighted by atomic mass is 16.5. The van der Waals surface area contributed by atoms with Crippen LogP contribution in [0.15, 0.2) is 18.2 Å². The van der Waals surface area contributed by atoms with Gasteiger partial charge in [-0.05, 0) is 55.2 Å². The van der Waals surface area contributed by atoms with Crippen molar-refractivity contribution >= 4 is 0 Å². The molecule has 0 radical (unpaired) electrons. The Morgan fingerprint density at radius 1 is 1.11 bits per heavy atom. The Morgan fingerprint density at radius 2 is 1.78 bits per heavy atom. The maximum absolute atomic E-state index is 11.0. The SMILES string of the molecule is COc1cc(OC)cc(C2(O)CC3CCC2C3)c1. The van der Waals surface area contributed by atoms with E-state index in [0.717, 1.165) is 36.3 Å². The summed E-state index contributed by atoms with van der Waals surface area (Å²) in [7, 11) is 3.28. The van der Waals surface area contributed by atoms with E-state index >= 15 is 0 Å². The van der Waals surface area contributed by atoms with Gasteiger partial charge in [0.05, 0.1) is 19.8 Å². The number of methoxy groups -OCH3 is 2. The molecular weight excluding hydrogens is 228 g/mol. The second-order valence-electron chi connectivity index (χ2n) is 5.61. The van der Waals surface area contributed by atoms with Gasteiger partial charge in [0, 0.05) is 6.07 Å². The zero-order valence-electron chi connectivity index (χ0n) is 11.0. The van der Waals surface area contributed by atoms with E-state index in [2.05, 4.69) is 0 Å². The highest BCUT2D eigenvalue weighted by Gasteiger charge is 2.51. The smallest absolute Gasteiger partial charge is 0.122 e. The molecule has 3 unspecified atom stereocenters. The van der Waals surface area contributed by atoms with Gasteiger partial charge in [-0.1, -0.05) is 0 Å². The van der Waals surface area contributed by atoms with Crippen molar-refractivity contribution < 1.29 is 14.6 Å². The molecule has 3 rings (SSSR count). The Labute approximate surface area is 108 Å². The zero-order chi connectivity index (χ0) is 12.8. The number of fused-ring (bicyclic) bond motifs is 2. The molecule has 0 aromatic heterocycles. The number of rotatable bonds is 3. The van der Waals surface area contributed by atoms with Crippen LogP contribution in [0.4, 0.5) is 0 Å². The van der Waals surface area contributed by atoms with Gasteiger partial charge in [-0.15, -0.1) is 0 Å². The maximum atomic E-state index is 11.0. The van der Waals surface area contributed by atoms with Crippen LogP contribution in [0.3, 0.4) is 0 Å². The van der Waals surface area contributed by atoms with Gasteiger partial charge in [-0.25, -0.2) is 0 Å². The predicted octanol–water partition coefficient (Wildman–Crippen LogP) is 2.71. The molecule has 2 aliphatic rings. The Bertz CT molecular complexity index is 435. The van der Waals surface area contributed by atoms with Gasteiger partial charge in [-0.3, -0.25) is 0 Å². The second-order valence-corrected chi connectivity index (χ2v) is 5.61. The molecule has 0 heterocycles. The first-order chi connectivity index (χ1) is 8.65. The molecule has 3 nitrogen and oxygen atoms in total. The minimum absolute atomic E-state index is 0.402. The van der Waals surface area contributed by atoms with Gasteiger partial charge in [0.25, 0.3) is 0 Å². The predicted molar refractivity (Wildman–Crippen MR) is 68.9 cm³/mol. The normalized spacial score (nSPS) is 33.7. The molecule has 1 aromatic carbocycles. The lowest BCUT2D eigenvalue weighted by molar-refractivity contribution is -0.0185. The molecule has 1 N–H and O–H groups in total. The fourth-order valence-corrected chi connectivity index (χ4v) is 3.71. The molecule has 18 heavy (non-hydrogen) atoms. The average molecular weight is 248 g/mol. The Kier molecular flexibility index (Phi) is 2.74. The molecule has 0 saturated heterocycles. The molecule has 2 fully saturated rings. The number of hydrogen-bond donors (Lipinski definition) is 1. The van der Waals surface area contributed by atoms with Crippen molar-refractivity contribution in [2.75, 3.05) is 14.2 Å². The summed E-state index contributed by atoms with van der Waals surface area (Å²) in [5, 5.41) is 11.0. The number of aliphatic hydroxyl groups is 1. The number of benzene rings is 1. The molecule has 1 aromatic rings. The first kappa shape index (κ1) is 11.8. The molecule has 3 atom stereocenters. The van der Waals surface area contributed by atoms with Crippen LogP contribution in [0.5, 0.6) is 11.5 Å². The van der Waals surface area contributed by atoms with Crippen LogP contribution >= 0.6 is 0 Å².